The lowest BCUT2D eigenvalue weighted by Crippen LogP contribution is -2.00. The van der Waals surface area contributed by atoms with Gasteiger partial charge in [-0.1, -0.05) is 15.9 Å². The SMILES string of the molecule is O=C1OC(=O)c2c1cc(Br)cc2[N+](=O)[O-]. The number of ether oxygens (including phenoxy) is 1. The summed E-state index contributed by atoms with van der Waals surface area (Å²) in [6.07, 6.45) is 0. The van der Waals surface area contributed by atoms with Crippen LogP contribution in [0, 0.1) is 10.1 Å². The van der Waals surface area contributed by atoms with Crippen molar-refractivity contribution in [2.45, 2.75) is 0 Å². The molecule has 6 nitrogen and oxygen atoms in total. The maximum absolute atomic E-state index is 11.1. The van der Waals surface area contributed by atoms with Gasteiger partial charge in [0, 0.05) is 10.5 Å². The number of nitrogens with zero attached hydrogens (tertiary/aromatic N) is 1. The van der Waals surface area contributed by atoms with Gasteiger partial charge in [-0.2, -0.15) is 0 Å². The molecular weight excluding hydrogens is 270 g/mol. The van der Waals surface area contributed by atoms with Gasteiger partial charge in [0.25, 0.3) is 5.69 Å². The third-order valence-electron chi connectivity index (χ3n) is 1.89. The van der Waals surface area contributed by atoms with Crippen LogP contribution in [0.15, 0.2) is 16.6 Å². The van der Waals surface area contributed by atoms with E-state index in [2.05, 4.69) is 20.7 Å². The monoisotopic (exact) mass is 271 g/mol. The van der Waals surface area contributed by atoms with E-state index in [4.69, 9.17) is 0 Å². The lowest BCUT2D eigenvalue weighted by molar-refractivity contribution is -0.385. The minimum Gasteiger partial charge on any atom is -0.385 e. The first kappa shape index (κ1) is 9.78. The third kappa shape index (κ3) is 1.40. The predicted molar refractivity (Wildman–Crippen MR) is 50.5 cm³/mol. The van der Waals surface area contributed by atoms with Gasteiger partial charge in [0.2, 0.25) is 0 Å². The Bertz CT molecular complexity index is 510. The van der Waals surface area contributed by atoms with Crippen molar-refractivity contribution in [3.05, 3.63) is 37.8 Å². The smallest absolute Gasteiger partial charge is 0.353 e. The van der Waals surface area contributed by atoms with Gasteiger partial charge >= 0.3 is 11.9 Å². The van der Waals surface area contributed by atoms with Crippen molar-refractivity contribution < 1.29 is 19.2 Å². The van der Waals surface area contributed by atoms with Gasteiger partial charge in [0.1, 0.15) is 0 Å². The summed E-state index contributed by atoms with van der Waals surface area (Å²) in [6, 6.07) is 2.47. The summed E-state index contributed by atoms with van der Waals surface area (Å²) in [5.41, 5.74) is -0.801. The number of esters is 2. The van der Waals surface area contributed by atoms with Crippen LogP contribution in [0.5, 0.6) is 0 Å². The van der Waals surface area contributed by atoms with E-state index in [1.165, 1.54) is 6.07 Å². The molecule has 0 atom stereocenters. The lowest BCUT2D eigenvalue weighted by atomic mass is 10.1. The number of rotatable bonds is 1. The normalized spacial score (nSPS) is 13.7. The quantitative estimate of drug-likeness (QED) is 0.336. The summed E-state index contributed by atoms with van der Waals surface area (Å²) in [7, 11) is 0. The van der Waals surface area contributed by atoms with Crippen molar-refractivity contribution >= 4 is 33.6 Å². The first-order valence-corrected chi connectivity index (χ1v) is 4.54. The van der Waals surface area contributed by atoms with Crippen molar-refractivity contribution in [2.75, 3.05) is 0 Å². The molecule has 0 radical (unpaired) electrons. The molecule has 1 aliphatic rings. The largest absolute Gasteiger partial charge is 0.385 e. The second kappa shape index (κ2) is 3.13. The highest BCUT2D eigenvalue weighted by Gasteiger charge is 2.37. The van der Waals surface area contributed by atoms with E-state index in [-0.39, 0.29) is 11.1 Å². The average Bonchev–Trinajstić information content (AvgIpc) is 2.41. The molecule has 76 valence electrons. The van der Waals surface area contributed by atoms with E-state index in [9.17, 15) is 19.7 Å². The zero-order chi connectivity index (χ0) is 11.2. The zero-order valence-electron chi connectivity index (χ0n) is 7.02. The van der Waals surface area contributed by atoms with Crippen LogP contribution in [0.3, 0.4) is 0 Å². The topological polar surface area (TPSA) is 86.5 Å². The summed E-state index contributed by atoms with van der Waals surface area (Å²) in [5, 5.41) is 10.6. The summed E-state index contributed by atoms with van der Waals surface area (Å²) < 4.78 is 4.62. The van der Waals surface area contributed by atoms with Crippen LogP contribution in [0.4, 0.5) is 5.69 Å². The number of benzene rings is 1. The fourth-order valence-electron chi connectivity index (χ4n) is 1.30. The van der Waals surface area contributed by atoms with Crippen molar-refractivity contribution in [1.29, 1.82) is 0 Å². The number of nitro groups is 1. The highest BCUT2D eigenvalue weighted by molar-refractivity contribution is 9.10. The predicted octanol–water partition coefficient (Wildman–Crippen LogP) is 1.67. The van der Waals surface area contributed by atoms with Crippen LogP contribution in [0.25, 0.3) is 0 Å². The van der Waals surface area contributed by atoms with Crippen molar-refractivity contribution in [2.24, 2.45) is 0 Å². The average molecular weight is 272 g/mol. The van der Waals surface area contributed by atoms with Crippen LogP contribution in [0.1, 0.15) is 20.7 Å². The van der Waals surface area contributed by atoms with E-state index < -0.39 is 22.5 Å². The standard InChI is InChI=1S/C8H2BrNO5/c9-3-1-4-6(5(2-3)10(13)14)8(12)15-7(4)11/h1-2H. The van der Waals surface area contributed by atoms with Crippen LogP contribution in [-0.4, -0.2) is 16.9 Å². The number of fused-ring (bicyclic) bond motifs is 1. The molecule has 1 aromatic rings. The Hall–Kier alpha value is -1.76. The highest BCUT2D eigenvalue weighted by Crippen LogP contribution is 2.32. The van der Waals surface area contributed by atoms with Crippen LogP contribution < -0.4 is 0 Å². The Morgan fingerprint density at radius 2 is 1.93 bits per heavy atom. The Labute approximate surface area is 91.1 Å². The molecule has 1 aromatic carbocycles. The number of cyclic esters (lactones) is 2. The highest BCUT2D eigenvalue weighted by atomic mass is 79.9. The molecule has 2 rings (SSSR count). The minimum atomic E-state index is -0.978. The molecule has 15 heavy (non-hydrogen) atoms. The third-order valence-corrected chi connectivity index (χ3v) is 2.35. The molecule has 0 saturated carbocycles. The van der Waals surface area contributed by atoms with Crippen LogP contribution >= 0.6 is 15.9 Å². The molecule has 0 aliphatic carbocycles. The molecule has 0 aromatic heterocycles. The van der Waals surface area contributed by atoms with E-state index in [1.54, 1.807) is 0 Å². The second-order valence-electron chi connectivity index (χ2n) is 2.78. The Balaban J connectivity index is 2.79. The Morgan fingerprint density at radius 3 is 2.53 bits per heavy atom. The number of halogens is 1. The minimum absolute atomic E-state index is 0.0823. The van der Waals surface area contributed by atoms with Gasteiger partial charge in [-0.25, -0.2) is 9.59 Å². The fraction of sp³-hybridized carbons (Fsp3) is 0. The number of nitro benzene ring substituents is 1. The fourth-order valence-corrected chi connectivity index (χ4v) is 1.75. The molecule has 7 heteroatoms. The lowest BCUT2D eigenvalue weighted by Gasteiger charge is -1.96. The first-order chi connectivity index (χ1) is 7.00. The van der Waals surface area contributed by atoms with Crippen molar-refractivity contribution in [3.8, 4) is 0 Å². The second-order valence-corrected chi connectivity index (χ2v) is 3.70. The van der Waals surface area contributed by atoms with Crippen LogP contribution in [0.2, 0.25) is 0 Å². The van der Waals surface area contributed by atoms with Gasteiger partial charge in [0.05, 0.1) is 10.5 Å². The molecule has 0 unspecified atom stereocenters. The molecule has 1 heterocycles. The van der Waals surface area contributed by atoms with Gasteiger partial charge in [-0.05, 0) is 6.07 Å². The van der Waals surface area contributed by atoms with E-state index in [0.717, 1.165) is 6.07 Å². The maximum atomic E-state index is 11.1. The van der Waals surface area contributed by atoms with Crippen molar-refractivity contribution in [1.82, 2.24) is 0 Å². The van der Waals surface area contributed by atoms with E-state index in [0.29, 0.717) is 4.47 Å². The molecule has 0 N–H and O–H groups in total. The maximum Gasteiger partial charge on any atom is 0.353 e. The van der Waals surface area contributed by atoms with E-state index >= 15 is 0 Å². The number of hydrogen-bond acceptors (Lipinski definition) is 5. The number of carbonyl (C=O) groups excluding carboxylic acids is 2. The summed E-state index contributed by atoms with van der Waals surface area (Å²) >= 11 is 3.01. The van der Waals surface area contributed by atoms with Crippen molar-refractivity contribution in [3.63, 3.8) is 0 Å². The molecule has 1 aliphatic heterocycles. The first-order valence-electron chi connectivity index (χ1n) is 3.75. The van der Waals surface area contributed by atoms with Gasteiger partial charge in [0.15, 0.2) is 5.56 Å². The summed E-state index contributed by atoms with van der Waals surface area (Å²) in [6.45, 7) is 0. The molecular formula is C8H2BrNO5. The Morgan fingerprint density at radius 1 is 1.27 bits per heavy atom. The Kier molecular flexibility index (Phi) is 2.04. The summed E-state index contributed by atoms with van der Waals surface area (Å²) in [4.78, 5) is 32.2. The number of carbonyl (C=O) groups is 2. The van der Waals surface area contributed by atoms with Gasteiger partial charge in [-0.3, -0.25) is 10.1 Å². The molecule has 0 fully saturated rings. The molecule has 0 amide bonds. The van der Waals surface area contributed by atoms with E-state index in [1.807, 2.05) is 0 Å². The molecule has 0 saturated heterocycles. The van der Waals surface area contributed by atoms with Crippen LogP contribution in [-0.2, 0) is 4.74 Å². The van der Waals surface area contributed by atoms with Gasteiger partial charge < -0.3 is 4.74 Å². The molecule has 0 spiro atoms. The molecule has 0 bridgehead atoms. The summed E-state index contributed by atoms with van der Waals surface area (Å²) in [5.74, 6) is -1.84. The number of hydrogen-bond donors (Lipinski definition) is 0. The van der Waals surface area contributed by atoms with Gasteiger partial charge in [-0.15, -0.1) is 0 Å². The zero-order valence-corrected chi connectivity index (χ0v) is 8.61.